The second kappa shape index (κ2) is 5.54. The quantitative estimate of drug-likeness (QED) is 0.761. The molecule has 0 saturated carbocycles. The van der Waals surface area contributed by atoms with Gasteiger partial charge in [-0.05, 0) is 18.4 Å². The summed E-state index contributed by atoms with van der Waals surface area (Å²) in [4.78, 5) is 0. The summed E-state index contributed by atoms with van der Waals surface area (Å²) >= 11 is 1.67. The summed E-state index contributed by atoms with van der Waals surface area (Å²) in [5.74, 6) is 0. The van der Waals surface area contributed by atoms with E-state index in [1.807, 2.05) is 37.0 Å². The highest BCUT2D eigenvalue weighted by Crippen LogP contribution is 2.18. The van der Waals surface area contributed by atoms with E-state index >= 15 is 0 Å². The Balaban J connectivity index is 0.000000461. The SMILES string of the molecule is CC.CCn1cc(-c2ccsc2)nn1. The lowest BCUT2D eigenvalue weighted by atomic mass is 10.3. The summed E-state index contributed by atoms with van der Waals surface area (Å²) < 4.78 is 1.83. The van der Waals surface area contributed by atoms with Crippen molar-refractivity contribution in [3.8, 4) is 11.3 Å². The van der Waals surface area contributed by atoms with Gasteiger partial charge in [-0.1, -0.05) is 19.1 Å². The molecule has 0 aromatic carbocycles. The zero-order chi connectivity index (χ0) is 10.4. The molecule has 4 heteroatoms. The Morgan fingerprint density at radius 1 is 1.43 bits per heavy atom. The molecule has 0 unspecified atom stereocenters. The summed E-state index contributed by atoms with van der Waals surface area (Å²) in [5, 5.41) is 12.1. The van der Waals surface area contributed by atoms with Gasteiger partial charge in [-0.2, -0.15) is 11.3 Å². The van der Waals surface area contributed by atoms with Gasteiger partial charge in [0.1, 0.15) is 5.69 Å². The van der Waals surface area contributed by atoms with E-state index in [0.29, 0.717) is 0 Å². The van der Waals surface area contributed by atoms with Crippen LogP contribution in [0.25, 0.3) is 11.3 Å². The zero-order valence-corrected chi connectivity index (χ0v) is 9.58. The lowest BCUT2D eigenvalue weighted by molar-refractivity contribution is 0.627. The average Bonchev–Trinajstić information content (AvgIpc) is 2.91. The van der Waals surface area contributed by atoms with Crippen molar-refractivity contribution in [3.05, 3.63) is 23.0 Å². The maximum atomic E-state index is 4.05. The fourth-order valence-electron chi connectivity index (χ4n) is 0.995. The first-order valence-corrected chi connectivity index (χ1v) is 5.77. The summed E-state index contributed by atoms with van der Waals surface area (Å²) in [6.45, 7) is 6.92. The van der Waals surface area contributed by atoms with E-state index < -0.39 is 0 Å². The summed E-state index contributed by atoms with van der Waals surface area (Å²) in [7, 11) is 0. The first-order chi connectivity index (χ1) is 6.90. The Morgan fingerprint density at radius 2 is 2.21 bits per heavy atom. The normalized spacial score (nSPS) is 9.36. The van der Waals surface area contributed by atoms with Crippen LogP contribution < -0.4 is 0 Å². The molecule has 0 aliphatic rings. The highest BCUT2D eigenvalue weighted by molar-refractivity contribution is 7.08. The minimum absolute atomic E-state index is 0.872. The van der Waals surface area contributed by atoms with E-state index in [1.165, 1.54) is 0 Å². The van der Waals surface area contributed by atoms with Crippen LogP contribution in [0.5, 0.6) is 0 Å². The molecule has 0 aliphatic carbocycles. The summed E-state index contributed by atoms with van der Waals surface area (Å²) in [5.41, 5.74) is 2.11. The molecule has 2 aromatic rings. The Morgan fingerprint density at radius 3 is 2.71 bits per heavy atom. The molecule has 2 heterocycles. The van der Waals surface area contributed by atoms with E-state index in [4.69, 9.17) is 0 Å². The highest BCUT2D eigenvalue weighted by Gasteiger charge is 2.01. The third kappa shape index (κ3) is 2.42. The van der Waals surface area contributed by atoms with Gasteiger partial charge < -0.3 is 0 Å². The predicted molar refractivity (Wildman–Crippen MR) is 60.4 cm³/mol. The van der Waals surface area contributed by atoms with Gasteiger partial charge in [0, 0.05) is 17.5 Å². The predicted octanol–water partition coefficient (Wildman–Crippen LogP) is 3.05. The fraction of sp³-hybridized carbons (Fsp3) is 0.400. The Kier molecular flexibility index (Phi) is 4.32. The standard InChI is InChI=1S/C8H9N3S.C2H6/c1-2-11-5-8(9-10-11)7-3-4-12-6-7;1-2/h3-6H,2H2,1H3;1-2H3. The van der Waals surface area contributed by atoms with Gasteiger partial charge in [0.25, 0.3) is 0 Å². The van der Waals surface area contributed by atoms with Crippen molar-refractivity contribution in [2.75, 3.05) is 0 Å². The minimum Gasteiger partial charge on any atom is -0.252 e. The van der Waals surface area contributed by atoms with Crippen molar-refractivity contribution in [1.82, 2.24) is 15.0 Å². The smallest absolute Gasteiger partial charge is 0.113 e. The molecule has 14 heavy (non-hydrogen) atoms. The molecule has 0 radical (unpaired) electrons. The Labute approximate surface area is 88.4 Å². The number of thiophene rings is 1. The maximum absolute atomic E-state index is 4.05. The van der Waals surface area contributed by atoms with Crippen molar-refractivity contribution >= 4 is 11.3 Å². The number of nitrogens with zero attached hydrogens (tertiary/aromatic N) is 3. The van der Waals surface area contributed by atoms with Crippen LogP contribution >= 0.6 is 11.3 Å². The van der Waals surface area contributed by atoms with E-state index in [9.17, 15) is 0 Å². The summed E-state index contributed by atoms with van der Waals surface area (Å²) in [6.07, 6.45) is 1.96. The fourth-order valence-corrected chi connectivity index (χ4v) is 1.65. The first-order valence-electron chi connectivity index (χ1n) is 4.83. The van der Waals surface area contributed by atoms with E-state index in [-0.39, 0.29) is 0 Å². The molecule has 0 N–H and O–H groups in total. The number of rotatable bonds is 2. The summed E-state index contributed by atoms with van der Waals surface area (Å²) in [6, 6.07) is 2.05. The van der Waals surface area contributed by atoms with Gasteiger partial charge in [0.2, 0.25) is 0 Å². The molecule has 2 aromatic heterocycles. The second-order valence-electron chi connectivity index (χ2n) is 2.47. The first kappa shape index (κ1) is 10.9. The minimum atomic E-state index is 0.872. The van der Waals surface area contributed by atoms with Crippen molar-refractivity contribution in [1.29, 1.82) is 0 Å². The van der Waals surface area contributed by atoms with Gasteiger partial charge in [-0.15, -0.1) is 5.10 Å². The molecule has 2 rings (SSSR count). The van der Waals surface area contributed by atoms with Crippen LogP contribution in [-0.2, 0) is 6.54 Å². The number of hydrogen-bond donors (Lipinski definition) is 0. The third-order valence-corrected chi connectivity index (χ3v) is 2.36. The lowest BCUT2D eigenvalue weighted by Crippen LogP contribution is -1.93. The molecule has 0 amide bonds. The van der Waals surface area contributed by atoms with E-state index in [2.05, 4.69) is 21.8 Å². The van der Waals surface area contributed by atoms with Crippen LogP contribution in [0.4, 0.5) is 0 Å². The average molecular weight is 209 g/mol. The van der Waals surface area contributed by atoms with Crippen molar-refractivity contribution in [2.24, 2.45) is 0 Å². The molecule has 0 aliphatic heterocycles. The monoisotopic (exact) mass is 209 g/mol. The molecule has 3 nitrogen and oxygen atoms in total. The van der Waals surface area contributed by atoms with Gasteiger partial charge in [-0.3, -0.25) is 4.68 Å². The van der Waals surface area contributed by atoms with E-state index in [1.54, 1.807) is 11.3 Å². The molecular weight excluding hydrogens is 194 g/mol. The van der Waals surface area contributed by atoms with E-state index in [0.717, 1.165) is 17.8 Å². The number of aromatic nitrogens is 3. The molecular formula is C10H15N3S. The molecule has 76 valence electrons. The molecule has 0 saturated heterocycles. The van der Waals surface area contributed by atoms with Crippen LogP contribution in [0.2, 0.25) is 0 Å². The van der Waals surface area contributed by atoms with Crippen molar-refractivity contribution in [3.63, 3.8) is 0 Å². The zero-order valence-electron chi connectivity index (χ0n) is 8.77. The van der Waals surface area contributed by atoms with Gasteiger partial charge in [0.15, 0.2) is 0 Å². The Hall–Kier alpha value is -1.16. The van der Waals surface area contributed by atoms with Crippen LogP contribution in [0.1, 0.15) is 20.8 Å². The number of aryl methyl sites for hydroxylation is 1. The molecule has 0 atom stereocenters. The third-order valence-electron chi connectivity index (χ3n) is 1.68. The second-order valence-corrected chi connectivity index (χ2v) is 3.25. The van der Waals surface area contributed by atoms with Gasteiger partial charge >= 0.3 is 0 Å². The van der Waals surface area contributed by atoms with Gasteiger partial charge in [0.05, 0.1) is 6.20 Å². The van der Waals surface area contributed by atoms with Crippen molar-refractivity contribution in [2.45, 2.75) is 27.3 Å². The van der Waals surface area contributed by atoms with Crippen LogP contribution in [0, 0.1) is 0 Å². The highest BCUT2D eigenvalue weighted by atomic mass is 32.1. The lowest BCUT2D eigenvalue weighted by Gasteiger charge is -1.87. The topological polar surface area (TPSA) is 30.7 Å². The largest absolute Gasteiger partial charge is 0.252 e. The molecule has 0 fully saturated rings. The van der Waals surface area contributed by atoms with Crippen LogP contribution in [-0.4, -0.2) is 15.0 Å². The molecule has 0 spiro atoms. The number of hydrogen-bond acceptors (Lipinski definition) is 3. The van der Waals surface area contributed by atoms with Gasteiger partial charge in [-0.25, -0.2) is 0 Å². The van der Waals surface area contributed by atoms with Crippen LogP contribution in [0.3, 0.4) is 0 Å². The Bertz CT molecular complexity index is 351. The maximum Gasteiger partial charge on any atom is 0.113 e. The van der Waals surface area contributed by atoms with Crippen LogP contribution in [0.15, 0.2) is 23.0 Å². The van der Waals surface area contributed by atoms with Crippen molar-refractivity contribution < 1.29 is 0 Å². The molecule has 0 bridgehead atoms.